The van der Waals surface area contributed by atoms with Crippen molar-refractivity contribution >= 4 is 28.5 Å². The topological polar surface area (TPSA) is 37.8 Å². The number of anilines is 1. The highest BCUT2D eigenvalue weighted by Gasteiger charge is 2.14. The zero-order valence-corrected chi connectivity index (χ0v) is 10.4. The first-order valence-electron chi connectivity index (χ1n) is 5.97. The molecule has 3 rings (SSSR count). The molecule has 0 radical (unpaired) electrons. The molecule has 1 fully saturated rings. The molecule has 0 amide bonds. The van der Waals surface area contributed by atoms with Gasteiger partial charge < -0.3 is 5.32 Å². The Morgan fingerprint density at radius 3 is 3.06 bits per heavy atom. The van der Waals surface area contributed by atoms with Gasteiger partial charge in [0.2, 0.25) is 0 Å². The molecular formula is C13H15N3S. The minimum Gasteiger partial charge on any atom is -0.366 e. The van der Waals surface area contributed by atoms with Crippen molar-refractivity contribution in [1.82, 2.24) is 9.97 Å². The van der Waals surface area contributed by atoms with Crippen LogP contribution in [0.2, 0.25) is 0 Å². The maximum absolute atomic E-state index is 4.37. The van der Waals surface area contributed by atoms with Crippen molar-refractivity contribution in [2.75, 3.05) is 16.8 Å². The maximum Gasteiger partial charge on any atom is 0.137 e. The first kappa shape index (κ1) is 10.8. The predicted molar refractivity (Wildman–Crippen MR) is 73.5 cm³/mol. The zero-order chi connectivity index (χ0) is 11.5. The van der Waals surface area contributed by atoms with Crippen LogP contribution in [-0.2, 0) is 0 Å². The Bertz CT molecular complexity index is 503. The van der Waals surface area contributed by atoms with Crippen LogP contribution in [0.4, 0.5) is 5.82 Å². The number of thioether (sulfide) groups is 1. The average molecular weight is 245 g/mol. The molecule has 0 aliphatic carbocycles. The van der Waals surface area contributed by atoms with Gasteiger partial charge in [-0.1, -0.05) is 12.1 Å². The monoisotopic (exact) mass is 245 g/mol. The third-order valence-corrected chi connectivity index (χ3v) is 4.26. The van der Waals surface area contributed by atoms with Gasteiger partial charge in [0.1, 0.15) is 12.1 Å². The summed E-state index contributed by atoms with van der Waals surface area (Å²) in [5.41, 5.74) is 1.01. The third-order valence-electron chi connectivity index (χ3n) is 3.04. The van der Waals surface area contributed by atoms with E-state index in [0.717, 1.165) is 16.7 Å². The number of hydrogen-bond donors (Lipinski definition) is 1. The highest BCUT2D eigenvalue weighted by atomic mass is 32.2. The number of hydrogen-bond acceptors (Lipinski definition) is 4. The molecule has 2 heterocycles. The van der Waals surface area contributed by atoms with Gasteiger partial charge >= 0.3 is 0 Å². The molecule has 1 aliphatic heterocycles. The Labute approximate surface area is 105 Å². The van der Waals surface area contributed by atoms with Gasteiger partial charge in [-0.05, 0) is 30.7 Å². The summed E-state index contributed by atoms with van der Waals surface area (Å²) in [5.74, 6) is 3.45. The fourth-order valence-electron chi connectivity index (χ4n) is 2.17. The minimum absolute atomic E-state index is 0.548. The number of nitrogens with one attached hydrogen (secondary N) is 1. The Morgan fingerprint density at radius 2 is 2.18 bits per heavy atom. The standard InChI is InChI=1S/C13H15N3S/c1-2-6-12-11(5-1)13(15-9-14-12)16-10-4-3-7-17-8-10/h1-2,5-6,9-10H,3-4,7-8H2,(H,14,15,16). The number of fused-ring (bicyclic) bond motifs is 1. The van der Waals surface area contributed by atoms with Gasteiger partial charge in [0.25, 0.3) is 0 Å². The molecule has 1 aromatic heterocycles. The van der Waals surface area contributed by atoms with E-state index in [9.17, 15) is 0 Å². The summed E-state index contributed by atoms with van der Waals surface area (Å²) >= 11 is 2.02. The Hall–Kier alpha value is -1.29. The molecule has 4 heteroatoms. The summed E-state index contributed by atoms with van der Waals surface area (Å²) in [7, 11) is 0. The molecule has 17 heavy (non-hydrogen) atoms. The van der Waals surface area contributed by atoms with E-state index in [1.54, 1.807) is 6.33 Å². The molecule has 1 aromatic carbocycles. The molecule has 0 bridgehead atoms. The summed E-state index contributed by atoms with van der Waals surface area (Å²) in [6.07, 6.45) is 4.18. The second-order valence-corrected chi connectivity index (χ2v) is 5.45. The van der Waals surface area contributed by atoms with Crippen LogP contribution >= 0.6 is 11.8 Å². The van der Waals surface area contributed by atoms with E-state index in [-0.39, 0.29) is 0 Å². The van der Waals surface area contributed by atoms with Crippen LogP contribution in [0.25, 0.3) is 10.9 Å². The lowest BCUT2D eigenvalue weighted by atomic mass is 10.1. The highest BCUT2D eigenvalue weighted by Crippen LogP contribution is 2.23. The lowest BCUT2D eigenvalue weighted by molar-refractivity contribution is 0.683. The summed E-state index contributed by atoms with van der Waals surface area (Å²) in [6.45, 7) is 0. The molecular weight excluding hydrogens is 230 g/mol. The van der Waals surface area contributed by atoms with E-state index in [0.29, 0.717) is 6.04 Å². The molecule has 1 N–H and O–H groups in total. The van der Waals surface area contributed by atoms with Crippen LogP contribution in [0.1, 0.15) is 12.8 Å². The fourth-order valence-corrected chi connectivity index (χ4v) is 3.24. The Kier molecular flexibility index (Phi) is 3.14. The molecule has 88 valence electrons. The number of aromatic nitrogens is 2. The second kappa shape index (κ2) is 4.92. The first-order chi connectivity index (χ1) is 8.43. The molecule has 1 aliphatic rings. The largest absolute Gasteiger partial charge is 0.366 e. The molecule has 2 aromatic rings. The van der Waals surface area contributed by atoms with Crippen LogP contribution < -0.4 is 5.32 Å². The van der Waals surface area contributed by atoms with Gasteiger partial charge in [0.15, 0.2) is 0 Å². The highest BCUT2D eigenvalue weighted by molar-refractivity contribution is 7.99. The smallest absolute Gasteiger partial charge is 0.137 e. The van der Waals surface area contributed by atoms with Gasteiger partial charge in [-0.25, -0.2) is 9.97 Å². The average Bonchev–Trinajstić information content (AvgIpc) is 2.40. The van der Waals surface area contributed by atoms with Crippen molar-refractivity contribution in [3.05, 3.63) is 30.6 Å². The van der Waals surface area contributed by atoms with E-state index >= 15 is 0 Å². The van der Waals surface area contributed by atoms with Gasteiger partial charge in [-0.15, -0.1) is 0 Å². The van der Waals surface area contributed by atoms with Crippen molar-refractivity contribution in [2.24, 2.45) is 0 Å². The number of nitrogens with zero attached hydrogens (tertiary/aromatic N) is 2. The summed E-state index contributed by atoms with van der Waals surface area (Å²) < 4.78 is 0. The van der Waals surface area contributed by atoms with Crippen molar-refractivity contribution in [3.8, 4) is 0 Å². The van der Waals surface area contributed by atoms with E-state index in [1.165, 1.54) is 24.3 Å². The van der Waals surface area contributed by atoms with E-state index < -0.39 is 0 Å². The lowest BCUT2D eigenvalue weighted by Gasteiger charge is -2.23. The molecule has 0 spiro atoms. The SMILES string of the molecule is c1ccc2c(NC3CCCSC3)ncnc2c1. The van der Waals surface area contributed by atoms with Crippen LogP contribution in [-0.4, -0.2) is 27.5 Å². The lowest BCUT2D eigenvalue weighted by Crippen LogP contribution is -2.26. The summed E-state index contributed by atoms with van der Waals surface area (Å²) in [4.78, 5) is 8.65. The maximum atomic E-state index is 4.37. The van der Waals surface area contributed by atoms with E-state index in [4.69, 9.17) is 0 Å². The minimum atomic E-state index is 0.548. The molecule has 0 saturated carbocycles. The molecule has 1 saturated heterocycles. The Morgan fingerprint density at radius 1 is 1.24 bits per heavy atom. The predicted octanol–water partition coefficient (Wildman–Crippen LogP) is 2.94. The number of para-hydroxylation sites is 1. The van der Waals surface area contributed by atoms with Crippen LogP contribution in [0.15, 0.2) is 30.6 Å². The number of rotatable bonds is 2. The second-order valence-electron chi connectivity index (χ2n) is 4.30. The molecule has 1 unspecified atom stereocenters. The third kappa shape index (κ3) is 2.36. The fraction of sp³-hybridized carbons (Fsp3) is 0.385. The van der Waals surface area contributed by atoms with Crippen LogP contribution in [0.5, 0.6) is 0 Å². The normalized spacial score (nSPS) is 20.4. The van der Waals surface area contributed by atoms with Gasteiger partial charge in [-0.3, -0.25) is 0 Å². The van der Waals surface area contributed by atoms with Crippen LogP contribution in [0, 0.1) is 0 Å². The van der Waals surface area contributed by atoms with E-state index in [1.807, 2.05) is 30.0 Å². The van der Waals surface area contributed by atoms with Crippen molar-refractivity contribution < 1.29 is 0 Å². The molecule has 1 atom stereocenters. The first-order valence-corrected chi connectivity index (χ1v) is 7.13. The zero-order valence-electron chi connectivity index (χ0n) is 9.60. The van der Waals surface area contributed by atoms with Crippen molar-refractivity contribution in [3.63, 3.8) is 0 Å². The van der Waals surface area contributed by atoms with Crippen LogP contribution in [0.3, 0.4) is 0 Å². The molecule has 3 nitrogen and oxygen atoms in total. The summed E-state index contributed by atoms with van der Waals surface area (Å²) in [6, 6.07) is 8.69. The van der Waals surface area contributed by atoms with E-state index in [2.05, 4.69) is 21.4 Å². The quantitative estimate of drug-likeness (QED) is 0.882. The van der Waals surface area contributed by atoms with Crippen molar-refractivity contribution in [2.45, 2.75) is 18.9 Å². The van der Waals surface area contributed by atoms with Gasteiger partial charge in [-0.2, -0.15) is 11.8 Å². The Balaban J connectivity index is 1.89. The van der Waals surface area contributed by atoms with Crippen molar-refractivity contribution in [1.29, 1.82) is 0 Å². The number of benzene rings is 1. The van der Waals surface area contributed by atoms with Gasteiger partial charge in [0.05, 0.1) is 5.52 Å². The van der Waals surface area contributed by atoms with Gasteiger partial charge in [0, 0.05) is 17.2 Å². The summed E-state index contributed by atoms with van der Waals surface area (Å²) in [5, 5.41) is 4.67.